The Morgan fingerprint density at radius 2 is 1.83 bits per heavy atom. The molecule has 4 aromatic rings. The van der Waals surface area contributed by atoms with Crippen molar-refractivity contribution in [3.8, 4) is 45.3 Å². The molecule has 1 aliphatic heterocycles. The molecule has 5 rings (SSSR count). The van der Waals surface area contributed by atoms with Gasteiger partial charge in [-0.1, -0.05) is 47.5 Å². The minimum atomic E-state index is -0.453. The highest BCUT2D eigenvalue weighted by molar-refractivity contribution is 6.39. The molecule has 0 fully saturated rings. The van der Waals surface area contributed by atoms with Crippen molar-refractivity contribution in [2.75, 3.05) is 41.0 Å². The number of carbonyl (C=O) groups is 1. The number of hydrogen-bond donors (Lipinski definition) is 2. The number of rotatable bonds is 12. The number of hydrogen-bond acceptors (Lipinski definition) is 9. The van der Waals surface area contributed by atoms with Crippen LogP contribution in [0.5, 0.6) is 11.6 Å². The SMILES string of the molecule is COC(=O)CCN1CCc2cc(-c3nccc(-c4cccc(-c5ccc(CNC[C@@H](C)O)c(OC)n5)c4Cl)c3Cl)cc(OC)c2C1. The molecule has 9 nitrogen and oxygen atoms in total. The third-order valence-corrected chi connectivity index (χ3v) is 8.87. The van der Waals surface area contributed by atoms with Crippen LogP contribution in [0, 0.1) is 0 Å². The number of carbonyl (C=O) groups excluding carboxylic acids is 1. The molecule has 2 aromatic carbocycles. The Balaban J connectivity index is 1.45. The monoisotopic (exact) mass is 664 g/mol. The second kappa shape index (κ2) is 15.2. The molecule has 2 aromatic heterocycles. The molecular formula is C35H38Cl2N4O5. The van der Waals surface area contributed by atoms with Gasteiger partial charge in [-0.2, -0.15) is 0 Å². The van der Waals surface area contributed by atoms with Gasteiger partial charge in [0.2, 0.25) is 5.88 Å². The first-order valence-electron chi connectivity index (χ1n) is 15.1. The van der Waals surface area contributed by atoms with Gasteiger partial charge >= 0.3 is 5.97 Å². The van der Waals surface area contributed by atoms with Crippen LogP contribution in [0.4, 0.5) is 0 Å². The van der Waals surface area contributed by atoms with Gasteiger partial charge in [0.15, 0.2) is 0 Å². The van der Waals surface area contributed by atoms with Gasteiger partial charge in [-0.3, -0.25) is 14.7 Å². The van der Waals surface area contributed by atoms with E-state index in [0.29, 0.717) is 59.9 Å². The minimum absolute atomic E-state index is 0.217. The zero-order chi connectivity index (χ0) is 32.8. The second-order valence-corrected chi connectivity index (χ2v) is 12.0. The van der Waals surface area contributed by atoms with Crippen LogP contribution in [0.15, 0.2) is 54.7 Å². The van der Waals surface area contributed by atoms with Crippen LogP contribution in [0.1, 0.15) is 30.0 Å². The number of methoxy groups -OCH3 is 3. The van der Waals surface area contributed by atoms with Crippen molar-refractivity contribution in [1.29, 1.82) is 0 Å². The maximum atomic E-state index is 11.7. The fourth-order valence-electron chi connectivity index (χ4n) is 5.69. The molecule has 0 unspecified atom stereocenters. The highest BCUT2D eigenvalue weighted by atomic mass is 35.5. The number of pyridine rings is 2. The molecule has 0 aliphatic carbocycles. The highest BCUT2D eigenvalue weighted by Gasteiger charge is 2.24. The van der Waals surface area contributed by atoms with Crippen molar-refractivity contribution in [3.05, 3.63) is 81.5 Å². The summed E-state index contributed by atoms with van der Waals surface area (Å²) < 4.78 is 16.2. The maximum absolute atomic E-state index is 11.7. The fraction of sp³-hybridized carbons (Fsp3) is 0.343. The van der Waals surface area contributed by atoms with Crippen molar-refractivity contribution in [2.45, 2.75) is 39.0 Å². The molecule has 242 valence electrons. The zero-order valence-corrected chi connectivity index (χ0v) is 27.9. The summed E-state index contributed by atoms with van der Waals surface area (Å²) in [7, 11) is 4.65. The maximum Gasteiger partial charge on any atom is 0.306 e. The lowest BCUT2D eigenvalue weighted by atomic mass is 9.93. The smallest absolute Gasteiger partial charge is 0.306 e. The molecule has 1 atom stereocenters. The van der Waals surface area contributed by atoms with E-state index in [1.807, 2.05) is 42.5 Å². The summed E-state index contributed by atoms with van der Waals surface area (Å²) in [6, 6.07) is 15.6. The Hall–Kier alpha value is -3.73. The number of ether oxygens (including phenoxy) is 3. The molecule has 0 radical (unpaired) electrons. The number of benzene rings is 2. The van der Waals surface area contributed by atoms with E-state index in [1.54, 1.807) is 27.3 Å². The van der Waals surface area contributed by atoms with Crippen LogP contribution in [-0.4, -0.2) is 73.0 Å². The predicted molar refractivity (Wildman–Crippen MR) is 180 cm³/mol. The van der Waals surface area contributed by atoms with Crippen molar-refractivity contribution in [1.82, 2.24) is 20.2 Å². The van der Waals surface area contributed by atoms with Gasteiger partial charge in [0.25, 0.3) is 0 Å². The number of aromatic nitrogens is 2. The number of aliphatic hydroxyl groups excluding tert-OH is 1. The Kier molecular flexibility index (Phi) is 11.1. The summed E-state index contributed by atoms with van der Waals surface area (Å²) in [4.78, 5) is 23.3. The Labute approximate surface area is 279 Å². The molecule has 0 saturated heterocycles. The van der Waals surface area contributed by atoms with Crippen LogP contribution >= 0.6 is 23.2 Å². The average molecular weight is 666 g/mol. The zero-order valence-electron chi connectivity index (χ0n) is 26.4. The molecule has 1 aliphatic rings. The number of halogens is 2. The number of fused-ring (bicyclic) bond motifs is 1. The molecule has 3 heterocycles. The molecule has 11 heteroatoms. The molecule has 0 bridgehead atoms. The average Bonchev–Trinajstić information content (AvgIpc) is 3.07. The topological polar surface area (TPSA) is 106 Å². The predicted octanol–water partition coefficient (Wildman–Crippen LogP) is 6.19. The van der Waals surface area contributed by atoms with E-state index < -0.39 is 6.10 Å². The van der Waals surface area contributed by atoms with E-state index in [2.05, 4.69) is 21.3 Å². The van der Waals surface area contributed by atoms with E-state index in [4.69, 9.17) is 42.4 Å². The van der Waals surface area contributed by atoms with Gasteiger partial charge in [0, 0.05) is 72.3 Å². The number of aliphatic hydroxyl groups is 1. The normalized spacial score (nSPS) is 13.6. The van der Waals surface area contributed by atoms with Crippen LogP contribution < -0.4 is 14.8 Å². The van der Waals surface area contributed by atoms with Gasteiger partial charge in [-0.05, 0) is 43.2 Å². The quantitative estimate of drug-likeness (QED) is 0.171. The highest BCUT2D eigenvalue weighted by Crippen LogP contribution is 2.43. The lowest BCUT2D eigenvalue weighted by Gasteiger charge is -2.30. The van der Waals surface area contributed by atoms with E-state index in [-0.39, 0.29) is 5.97 Å². The molecule has 2 N–H and O–H groups in total. The number of nitrogens with one attached hydrogen (secondary N) is 1. The van der Waals surface area contributed by atoms with Gasteiger partial charge < -0.3 is 24.6 Å². The van der Waals surface area contributed by atoms with Gasteiger partial charge in [0.05, 0.1) is 55.3 Å². The lowest BCUT2D eigenvalue weighted by Crippen LogP contribution is -2.32. The molecule has 0 amide bonds. The number of esters is 1. The van der Waals surface area contributed by atoms with E-state index in [0.717, 1.165) is 57.7 Å². The lowest BCUT2D eigenvalue weighted by molar-refractivity contribution is -0.141. The first-order valence-corrected chi connectivity index (χ1v) is 15.8. The standard InChI is InChI=1S/C35H38Cl2N4O5/c1-21(42)18-38-19-23-8-9-29(40-35(23)46-4)27-7-5-6-25(32(27)36)26-10-13-39-34(33(26)37)24-16-22-11-14-41(15-12-31(43)45-3)20-28(22)30(17-24)44-2/h5-10,13,16-17,21,38,42H,11-12,14-15,18-20H2,1-4H3/t21-/m1/s1. The Morgan fingerprint density at radius 3 is 2.57 bits per heavy atom. The Morgan fingerprint density at radius 1 is 1.04 bits per heavy atom. The van der Waals surface area contributed by atoms with E-state index in [1.165, 1.54) is 7.11 Å². The summed E-state index contributed by atoms with van der Waals surface area (Å²) >= 11 is 14.2. The molecular weight excluding hydrogens is 627 g/mol. The summed E-state index contributed by atoms with van der Waals surface area (Å²) in [5.74, 6) is 1.02. The van der Waals surface area contributed by atoms with Gasteiger partial charge in [0.1, 0.15) is 5.75 Å². The van der Waals surface area contributed by atoms with Crippen LogP contribution in [-0.2, 0) is 29.0 Å². The molecule has 46 heavy (non-hydrogen) atoms. The first-order chi connectivity index (χ1) is 22.2. The largest absolute Gasteiger partial charge is 0.496 e. The van der Waals surface area contributed by atoms with Crippen molar-refractivity contribution < 1.29 is 24.1 Å². The van der Waals surface area contributed by atoms with Crippen LogP contribution in [0.25, 0.3) is 33.6 Å². The van der Waals surface area contributed by atoms with E-state index >= 15 is 0 Å². The Bertz CT molecular complexity index is 1700. The first kappa shape index (κ1) is 33.6. The van der Waals surface area contributed by atoms with Crippen molar-refractivity contribution in [2.24, 2.45) is 0 Å². The van der Waals surface area contributed by atoms with Gasteiger partial charge in [-0.15, -0.1) is 0 Å². The van der Waals surface area contributed by atoms with Gasteiger partial charge in [-0.25, -0.2) is 4.98 Å². The van der Waals surface area contributed by atoms with Crippen LogP contribution in [0.2, 0.25) is 10.0 Å². The number of nitrogens with zero attached hydrogens (tertiary/aromatic N) is 3. The van der Waals surface area contributed by atoms with Crippen molar-refractivity contribution >= 4 is 29.2 Å². The molecule has 0 saturated carbocycles. The third-order valence-electron chi connectivity index (χ3n) is 8.08. The minimum Gasteiger partial charge on any atom is -0.496 e. The third kappa shape index (κ3) is 7.45. The summed E-state index contributed by atoms with van der Waals surface area (Å²) in [5.41, 5.74) is 7.51. The summed E-state index contributed by atoms with van der Waals surface area (Å²) in [5, 5.41) is 13.7. The molecule has 0 spiro atoms. The summed E-state index contributed by atoms with van der Waals surface area (Å²) in [6.07, 6.45) is 2.43. The van der Waals surface area contributed by atoms with E-state index in [9.17, 15) is 9.90 Å². The fourth-order valence-corrected chi connectivity index (χ4v) is 6.33. The summed E-state index contributed by atoms with van der Waals surface area (Å²) in [6.45, 7) is 4.82. The van der Waals surface area contributed by atoms with Crippen LogP contribution in [0.3, 0.4) is 0 Å². The second-order valence-electron chi connectivity index (χ2n) is 11.2. The van der Waals surface area contributed by atoms with Crippen molar-refractivity contribution in [3.63, 3.8) is 0 Å².